The minimum Gasteiger partial charge on any atom is -0.426 e. The molecule has 0 aliphatic carbocycles. The number of benzene rings is 1. The van der Waals surface area contributed by atoms with E-state index in [1.54, 1.807) is 23.1 Å². The van der Waals surface area contributed by atoms with E-state index in [4.69, 9.17) is 16.3 Å². The number of esters is 1. The number of halogens is 1. The van der Waals surface area contributed by atoms with Crippen LogP contribution in [0, 0.1) is 12.8 Å². The molecule has 1 amide bonds. The third-order valence-electron chi connectivity index (χ3n) is 3.28. The first kappa shape index (κ1) is 13.9. The minimum atomic E-state index is -0.373. The molecule has 102 valence electrons. The largest absolute Gasteiger partial charge is 0.426 e. The van der Waals surface area contributed by atoms with Crippen LogP contribution in [0.1, 0.15) is 18.9 Å². The Morgan fingerprint density at radius 1 is 1.53 bits per heavy atom. The van der Waals surface area contributed by atoms with Crippen molar-refractivity contribution in [2.24, 2.45) is 5.92 Å². The predicted octanol–water partition coefficient (Wildman–Crippen LogP) is 2.42. The molecule has 0 bridgehead atoms. The van der Waals surface area contributed by atoms with Crippen molar-refractivity contribution in [2.45, 2.75) is 20.3 Å². The second-order valence-electron chi connectivity index (χ2n) is 4.66. The Hall–Kier alpha value is -1.55. The highest BCUT2D eigenvalue weighted by Gasteiger charge is 2.34. The molecule has 1 aliphatic rings. The molecule has 1 aromatic rings. The molecule has 1 unspecified atom stereocenters. The number of carbonyl (C=O) groups excluding carboxylic acids is 2. The van der Waals surface area contributed by atoms with Crippen molar-refractivity contribution in [3.05, 3.63) is 28.8 Å². The molecule has 0 N–H and O–H groups in total. The SMILES string of the molecule is CCN1CC(C(=O)Oc2ccc(Cl)cc2C)CC1=O. The third-order valence-corrected chi connectivity index (χ3v) is 3.51. The van der Waals surface area contributed by atoms with Gasteiger partial charge < -0.3 is 9.64 Å². The lowest BCUT2D eigenvalue weighted by Crippen LogP contribution is -2.27. The molecular formula is C14H16ClNO3. The van der Waals surface area contributed by atoms with E-state index in [2.05, 4.69) is 0 Å². The third kappa shape index (κ3) is 3.07. The van der Waals surface area contributed by atoms with E-state index in [0.717, 1.165) is 5.56 Å². The molecule has 5 heteroatoms. The predicted molar refractivity (Wildman–Crippen MR) is 72.2 cm³/mol. The van der Waals surface area contributed by atoms with Crippen molar-refractivity contribution in [3.8, 4) is 5.75 Å². The highest BCUT2D eigenvalue weighted by Crippen LogP contribution is 2.25. The van der Waals surface area contributed by atoms with E-state index in [1.165, 1.54) is 0 Å². The molecule has 4 nitrogen and oxygen atoms in total. The summed E-state index contributed by atoms with van der Waals surface area (Å²) in [6, 6.07) is 5.08. The van der Waals surface area contributed by atoms with Gasteiger partial charge in [-0.3, -0.25) is 9.59 Å². The number of nitrogens with zero attached hydrogens (tertiary/aromatic N) is 1. The van der Waals surface area contributed by atoms with E-state index in [-0.39, 0.29) is 24.2 Å². The van der Waals surface area contributed by atoms with Gasteiger partial charge in [-0.1, -0.05) is 11.6 Å². The second kappa shape index (κ2) is 5.61. The van der Waals surface area contributed by atoms with Gasteiger partial charge in [-0.15, -0.1) is 0 Å². The van der Waals surface area contributed by atoms with Crippen molar-refractivity contribution in [1.29, 1.82) is 0 Å². The molecule has 0 radical (unpaired) electrons. The first-order valence-electron chi connectivity index (χ1n) is 6.27. The lowest BCUT2D eigenvalue weighted by molar-refractivity contribution is -0.139. The van der Waals surface area contributed by atoms with Crippen LogP contribution in [0.5, 0.6) is 5.75 Å². The number of amides is 1. The van der Waals surface area contributed by atoms with Crippen LogP contribution in [0.2, 0.25) is 5.02 Å². The lowest BCUT2D eigenvalue weighted by Gasteiger charge is -2.13. The second-order valence-corrected chi connectivity index (χ2v) is 5.10. The zero-order valence-corrected chi connectivity index (χ0v) is 11.7. The summed E-state index contributed by atoms with van der Waals surface area (Å²) in [6.07, 6.45) is 0.235. The molecule has 1 fully saturated rings. The van der Waals surface area contributed by atoms with Gasteiger partial charge in [-0.2, -0.15) is 0 Å². The fourth-order valence-corrected chi connectivity index (χ4v) is 2.38. The first-order chi connectivity index (χ1) is 9.01. The molecule has 1 saturated heterocycles. The molecule has 0 spiro atoms. The molecule has 2 rings (SSSR count). The summed E-state index contributed by atoms with van der Waals surface area (Å²) in [6.45, 7) is 4.80. The number of ether oxygens (including phenoxy) is 1. The van der Waals surface area contributed by atoms with Gasteiger partial charge in [0.2, 0.25) is 5.91 Å². The van der Waals surface area contributed by atoms with E-state index in [9.17, 15) is 9.59 Å². The maximum Gasteiger partial charge on any atom is 0.316 e. The Balaban J connectivity index is 2.04. The Bertz CT molecular complexity index is 515. The Labute approximate surface area is 117 Å². The molecule has 0 aromatic heterocycles. The summed E-state index contributed by atoms with van der Waals surface area (Å²) in [7, 11) is 0. The van der Waals surface area contributed by atoms with Gasteiger partial charge in [0.1, 0.15) is 5.75 Å². The van der Waals surface area contributed by atoms with Crippen molar-refractivity contribution >= 4 is 23.5 Å². The van der Waals surface area contributed by atoms with Crippen LogP contribution in [0.3, 0.4) is 0 Å². The van der Waals surface area contributed by atoms with Gasteiger partial charge in [-0.25, -0.2) is 0 Å². The Morgan fingerprint density at radius 3 is 2.84 bits per heavy atom. The number of rotatable bonds is 3. The average Bonchev–Trinajstić information content (AvgIpc) is 2.74. The van der Waals surface area contributed by atoms with Crippen LogP contribution >= 0.6 is 11.6 Å². The van der Waals surface area contributed by atoms with E-state index in [1.807, 2.05) is 13.8 Å². The summed E-state index contributed by atoms with van der Waals surface area (Å²) in [4.78, 5) is 25.3. The Morgan fingerprint density at radius 2 is 2.26 bits per heavy atom. The van der Waals surface area contributed by atoms with Gasteiger partial charge in [0.15, 0.2) is 0 Å². The summed E-state index contributed by atoms with van der Waals surface area (Å²) in [5.41, 5.74) is 0.803. The monoisotopic (exact) mass is 281 g/mol. The fourth-order valence-electron chi connectivity index (χ4n) is 2.15. The zero-order valence-electron chi connectivity index (χ0n) is 11.0. The van der Waals surface area contributed by atoms with Gasteiger partial charge in [0.05, 0.1) is 5.92 Å². The zero-order chi connectivity index (χ0) is 14.0. The molecule has 1 atom stereocenters. The summed E-state index contributed by atoms with van der Waals surface area (Å²) >= 11 is 5.85. The summed E-state index contributed by atoms with van der Waals surface area (Å²) in [5.74, 6) is -0.216. The van der Waals surface area contributed by atoms with E-state index in [0.29, 0.717) is 23.9 Å². The maximum atomic E-state index is 12.0. The van der Waals surface area contributed by atoms with Crippen LogP contribution in [0.25, 0.3) is 0 Å². The Kier molecular flexibility index (Phi) is 4.10. The van der Waals surface area contributed by atoms with Crippen molar-refractivity contribution in [2.75, 3.05) is 13.1 Å². The summed E-state index contributed by atoms with van der Waals surface area (Å²) < 4.78 is 5.35. The van der Waals surface area contributed by atoms with Crippen LogP contribution in [-0.2, 0) is 9.59 Å². The van der Waals surface area contributed by atoms with Gasteiger partial charge >= 0.3 is 5.97 Å². The molecule has 1 aromatic carbocycles. The highest BCUT2D eigenvalue weighted by molar-refractivity contribution is 6.30. The van der Waals surface area contributed by atoms with Crippen LogP contribution in [0.15, 0.2) is 18.2 Å². The average molecular weight is 282 g/mol. The maximum absolute atomic E-state index is 12.0. The minimum absolute atomic E-state index is 0.0114. The van der Waals surface area contributed by atoms with E-state index >= 15 is 0 Å². The fraction of sp³-hybridized carbons (Fsp3) is 0.429. The van der Waals surface area contributed by atoms with Gasteiger partial charge in [-0.05, 0) is 37.6 Å². The number of hydrogen-bond donors (Lipinski definition) is 0. The van der Waals surface area contributed by atoms with Crippen molar-refractivity contribution in [1.82, 2.24) is 4.90 Å². The first-order valence-corrected chi connectivity index (χ1v) is 6.64. The van der Waals surface area contributed by atoms with Crippen LogP contribution < -0.4 is 4.74 Å². The molecule has 0 saturated carbocycles. The smallest absolute Gasteiger partial charge is 0.316 e. The number of carbonyl (C=O) groups is 2. The van der Waals surface area contributed by atoms with Crippen LogP contribution in [-0.4, -0.2) is 29.9 Å². The number of hydrogen-bond acceptors (Lipinski definition) is 3. The van der Waals surface area contributed by atoms with Crippen molar-refractivity contribution < 1.29 is 14.3 Å². The molecule has 1 aliphatic heterocycles. The van der Waals surface area contributed by atoms with Crippen molar-refractivity contribution in [3.63, 3.8) is 0 Å². The highest BCUT2D eigenvalue weighted by atomic mass is 35.5. The topological polar surface area (TPSA) is 46.6 Å². The molecule has 19 heavy (non-hydrogen) atoms. The van der Waals surface area contributed by atoms with E-state index < -0.39 is 0 Å². The summed E-state index contributed by atoms with van der Waals surface area (Å²) in [5, 5.41) is 0.602. The number of aryl methyl sites for hydroxylation is 1. The lowest BCUT2D eigenvalue weighted by atomic mass is 10.1. The van der Waals surface area contributed by atoms with Gasteiger partial charge in [0.25, 0.3) is 0 Å². The molecular weight excluding hydrogens is 266 g/mol. The quantitative estimate of drug-likeness (QED) is 0.631. The van der Waals surface area contributed by atoms with Gasteiger partial charge in [0, 0.05) is 24.5 Å². The standard InChI is InChI=1S/C14H16ClNO3/c1-3-16-8-10(7-13(16)17)14(18)19-12-5-4-11(15)6-9(12)2/h4-6,10H,3,7-8H2,1-2H3. The molecule has 1 heterocycles. The normalized spacial score (nSPS) is 18.8. The number of likely N-dealkylation sites (tertiary alicyclic amines) is 1. The van der Waals surface area contributed by atoms with Crippen LogP contribution in [0.4, 0.5) is 0 Å².